The van der Waals surface area contributed by atoms with E-state index in [0.29, 0.717) is 25.0 Å². The van der Waals surface area contributed by atoms with E-state index in [1.807, 2.05) is 51.1 Å². The van der Waals surface area contributed by atoms with E-state index >= 15 is 0 Å². The van der Waals surface area contributed by atoms with Crippen molar-refractivity contribution in [1.82, 2.24) is 10.2 Å². The highest BCUT2D eigenvalue weighted by Gasteiger charge is 2.34. The van der Waals surface area contributed by atoms with Crippen LogP contribution in [0.4, 0.5) is 10.1 Å². The smallest absolute Gasteiger partial charge is 0.264 e. The van der Waals surface area contributed by atoms with Crippen molar-refractivity contribution in [3.05, 3.63) is 84.2 Å². The van der Waals surface area contributed by atoms with Crippen molar-refractivity contribution in [2.75, 3.05) is 31.6 Å². The SMILES string of the molecule is CCC(C)NC(=O)C(CC)N(CCc1ccccc1)C(=O)CN(c1ccc(F)cc1)S(=O)(=O)c1ccc(OC)c(OC)c1. The number of carbonyl (C=O) groups excluding carboxylic acids is 2. The zero-order chi connectivity index (χ0) is 31.6. The normalized spacial score (nSPS) is 12.6. The molecule has 0 saturated carbocycles. The van der Waals surface area contributed by atoms with Gasteiger partial charge in [0.15, 0.2) is 11.5 Å². The molecule has 0 aliphatic rings. The predicted molar refractivity (Wildman–Crippen MR) is 164 cm³/mol. The van der Waals surface area contributed by atoms with E-state index in [1.165, 1.54) is 49.5 Å². The zero-order valence-electron chi connectivity index (χ0n) is 25.2. The molecule has 0 radical (unpaired) electrons. The summed E-state index contributed by atoms with van der Waals surface area (Å²) in [6.45, 7) is 5.20. The van der Waals surface area contributed by atoms with Gasteiger partial charge in [-0.15, -0.1) is 0 Å². The van der Waals surface area contributed by atoms with Crippen LogP contribution in [0.15, 0.2) is 77.7 Å². The molecule has 3 aromatic rings. The number of amides is 2. The van der Waals surface area contributed by atoms with Crippen molar-refractivity contribution >= 4 is 27.5 Å². The molecule has 11 heteroatoms. The molecule has 0 spiro atoms. The maximum absolute atomic E-state index is 14.1. The fraction of sp³-hybridized carbons (Fsp3) is 0.375. The predicted octanol–water partition coefficient (Wildman–Crippen LogP) is 4.80. The fourth-order valence-electron chi connectivity index (χ4n) is 4.58. The van der Waals surface area contributed by atoms with Gasteiger partial charge in [0.05, 0.1) is 24.8 Å². The van der Waals surface area contributed by atoms with Crippen LogP contribution in [0.5, 0.6) is 11.5 Å². The first-order chi connectivity index (χ1) is 20.5. The van der Waals surface area contributed by atoms with Crippen molar-refractivity contribution in [1.29, 1.82) is 0 Å². The molecule has 0 aliphatic heterocycles. The maximum atomic E-state index is 14.1. The Morgan fingerprint density at radius 1 is 0.907 bits per heavy atom. The highest BCUT2D eigenvalue weighted by atomic mass is 32.2. The second kappa shape index (κ2) is 15.4. The molecule has 43 heavy (non-hydrogen) atoms. The van der Waals surface area contributed by atoms with E-state index in [-0.39, 0.29) is 34.8 Å². The number of methoxy groups -OCH3 is 2. The quantitative estimate of drug-likeness (QED) is 0.264. The second-order valence-electron chi connectivity index (χ2n) is 10.1. The lowest BCUT2D eigenvalue weighted by molar-refractivity contribution is -0.139. The fourth-order valence-corrected chi connectivity index (χ4v) is 6.01. The van der Waals surface area contributed by atoms with Gasteiger partial charge in [0.25, 0.3) is 10.0 Å². The third-order valence-electron chi connectivity index (χ3n) is 7.21. The molecule has 3 aromatic carbocycles. The second-order valence-corrected chi connectivity index (χ2v) is 11.9. The minimum Gasteiger partial charge on any atom is -0.493 e. The van der Waals surface area contributed by atoms with Gasteiger partial charge in [0.1, 0.15) is 18.4 Å². The van der Waals surface area contributed by atoms with Crippen LogP contribution in [0.25, 0.3) is 0 Å². The summed E-state index contributed by atoms with van der Waals surface area (Å²) >= 11 is 0. The van der Waals surface area contributed by atoms with E-state index in [2.05, 4.69) is 5.32 Å². The van der Waals surface area contributed by atoms with Gasteiger partial charge in [-0.05, 0) is 68.1 Å². The Morgan fingerprint density at radius 2 is 1.56 bits per heavy atom. The van der Waals surface area contributed by atoms with Crippen molar-refractivity contribution in [3.8, 4) is 11.5 Å². The van der Waals surface area contributed by atoms with Crippen LogP contribution in [0.3, 0.4) is 0 Å². The lowest BCUT2D eigenvalue weighted by Gasteiger charge is -2.33. The lowest BCUT2D eigenvalue weighted by atomic mass is 10.1. The highest BCUT2D eigenvalue weighted by Crippen LogP contribution is 2.32. The number of hydrogen-bond donors (Lipinski definition) is 1. The van der Waals surface area contributed by atoms with Gasteiger partial charge in [0, 0.05) is 18.7 Å². The molecule has 2 atom stereocenters. The Balaban J connectivity index is 2.05. The van der Waals surface area contributed by atoms with Gasteiger partial charge < -0.3 is 19.7 Å². The highest BCUT2D eigenvalue weighted by molar-refractivity contribution is 7.92. The van der Waals surface area contributed by atoms with Crippen LogP contribution < -0.4 is 19.1 Å². The zero-order valence-corrected chi connectivity index (χ0v) is 26.1. The largest absolute Gasteiger partial charge is 0.493 e. The molecular weight excluding hydrogens is 573 g/mol. The Morgan fingerprint density at radius 3 is 2.14 bits per heavy atom. The number of rotatable bonds is 15. The molecule has 0 aromatic heterocycles. The van der Waals surface area contributed by atoms with Crippen LogP contribution in [0.2, 0.25) is 0 Å². The number of nitrogens with zero attached hydrogens (tertiary/aromatic N) is 2. The van der Waals surface area contributed by atoms with E-state index in [4.69, 9.17) is 9.47 Å². The Kier molecular flexibility index (Phi) is 11.9. The number of anilines is 1. The minimum atomic E-state index is -4.37. The summed E-state index contributed by atoms with van der Waals surface area (Å²) in [4.78, 5) is 28.7. The molecule has 0 saturated heterocycles. The van der Waals surface area contributed by atoms with Gasteiger partial charge in [-0.1, -0.05) is 44.2 Å². The van der Waals surface area contributed by atoms with Gasteiger partial charge in [-0.3, -0.25) is 13.9 Å². The van der Waals surface area contributed by atoms with Crippen molar-refractivity contribution in [3.63, 3.8) is 0 Å². The number of sulfonamides is 1. The van der Waals surface area contributed by atoms with E-state index in [1.54, 1.807) is 0 Å². The van der Waals surface area contributed by atoms with Gasteiger partial charge >= 0.3 is 0 Å². The Hall–Kier alpha value is -4.12. The summed E-state index contributed by atoms with van der Waals surface area (Å²) < 4.78 is 53.5. The average Bonchev–Trinajstić information content (AvgIpc) is 3.02. The van der Waals surface area contributed by atoms with Crippen molar-refractivity contribution in [2.24, 2.45) is 0 Å². The standard InChI is InChI=1S/C32H40FN3O6S/c1-6-23(3)34-32(38)28(7-2)35(20-19-24-11-9-8-10-12-24)31(37)22-36(26-15-13-25(33)14-16-26)43(39,40)27-17-18-29(41-4)30(21-27)42-5/h8-18,21,23,28H,6-7,19-20,22H2,1-5H3,(H,34,38). The van der Waals surface area contributed by atoms with Crippen LogP contribution in [0, 0.1) is 5.82 Å². The summed E-state index contributed by atoms with van der Waals surface area (Å²) in [5.41, 5.74) is 1.05. The van der Waals surface area contributed by atoms with E-state index in [9.17, 15) is 22.4 Å². The van der Waals surface area contributed by atoms with E-state index < -0.39 is 34.3 Å². The number of hydrogen-bond acceptors (Lipinski definition) is 6. The summed E-state index contributed by atoms with van der Waals surface area (Å²) in [6.07, 6.45) is 1.49. The molecule has 0 bridgehead atoms. The molecule has 232 valence electrons. The monoisotopic (exact) mass is 613 g/mol. The van der Waals surface area contributed by atoms with Crippen LogP contribution in [-0.2, 0) is 26.0 Å². The third kappa shape index (κ3) is 8.47. The topological polar surface area (TPSA) is 105 Å². The van der Waals surface area contributed by atoms with Gasteiger partial charge in [-0.25, -0.2) is 12.8 Å². The first-order valence-electron chi connectivity index (χ1n) is 14.2. The van der Waals surface area contributed by atoms with Gasteiger partial charge in [-0.2, -0.15) is 0 Å². The summed E-state index contributed by atoms with van der Waals surface area (Å²) in [5.74, 6) is -0.928. The van der Waals surface area contributed by atoms with E-state index in [0.717, 1.165) is 22.0 Å². The van der Waals surface area contributed by atoms with Crippen molar-refractivity contribution < 1.29 is 31.9 Å². The summed E-state index contributed by atoms with van der Waals surface area (Å²) in [5, 5.41) is 2.95. The summed E-state index contributed by atoms with van der Waals surface area (Å²) in [7, 11) is -1.55. The average molecular weight is 614 g/mol. The van der Waals surface area contributed by atoms with Crippen LogP contribution in [0.1, 0.15) is 39.2 Å². The number of halogens is 1. The maximum Gasteiger partial charge on any atom is 0.264 e. The molecule has 1 N–H and O–H groups in total. The molecule has 0 heterocycles. The van der Waals surface area contributed by atoms with Crippen LogP contribution in [-0.4, -0.2) is 64.5 Å². The molecule has 0 aliphatic carbocycles. The Labute approximate surface area is 253 Å². The molecule has 2 unspecified atom stereocenters. The number of benzene rings is 3. The van der Waals surface area contributed by atoms with Crippen LogP contribution >= 0.6 is 0 Å². The third-order valence-corrected chi connectivity index (χ3v) is 8.98. The molecule has 9 nitrogen and oxygen atoms in total. The molecule has 3 rings (SSSR count). The molecule has 2 amide bonds. The number of nitrogens with one attached hydrogen (secondary N) is 1. The van der Waals surface area contributed by atoms with Gasteiger partial charge in [0.2, 0.25) is 11.8 Å². The summed E-state index contributed by atoms with van der Waals surface area (Å²) in [6, 6.07) is 17.5. The van der Waals surface area contributed by atoms with Crippen molar-refractivity contribution in [2.45, 2.75) is 57.0 Å². The molecule has 0 fully saturated rings. The first kappa shape index (κ1) is 33.4. The number of carbonyl (C=O) groups is 2. The Bertz CT molecular complexity index is 1470. The minimum absolute atomic E-state index is 0.0876. The molecular formula is C32H40FN3O6S. The lowest BCUT2D eigenvalue weighted by Crippen LogP contribution is -2.54. The number of ether oxygens (including phenoxy) is 2. The first-order valence-corrected chi connectivity index (χ1v) is 15.6.